The molecule has 1 heterocycles. The number of aromatic nitrogens is 2. The van der Waals surface area contributed by atoms with E-state index in [4.69, 9.17) is 11.6 Å². The van der Waals surface area contributed by atoms with Crippen molar-refractivity contribution in [1.82, 2.24) is 9.78 Å². The van der Waals surface area contributed by atoms with Crippen LogP contribution in [0.3, 0.4) is 0 Å². The molecule has 0 radical (unpaired) electrons. The molecule has 122 valence electrons. The molecule has 0 saturated carbocycles. The Kier molecular flexibility index (Phi) is 4.69. The highest BCUT2D eigenvalue weighted by atomic mass is 79.9. The zero-order valence-electron chi connectivity index (χ0n) is 12.6. The average Bonchev–Trinajstić information content (AvgIpc) is 2.91. The number of anilines is 1. The number of rotatable bonds is 3. The van der Waals surface area contributed by atoms with Gasteiger partial charge < -0.3 is 5.32 Å². The van der Waals surface area contributed by atoms with Crippen LogP contribution in [0.1, 0.15) is 16.1 Å². The number of carbonyl (C=O) groups excluding carboxylic acids is 1. The van der Waals surface area contributed by atoms with Crippen molar-refractivity contribution in [3.8, 4) is 5.69 Å². The molecule has 2 aromatic carbocycles. The lowest BCUT2D eigenvalue weighted by molar-refractivity contribution is 0.102. The number of benzene rings is 2. The fourth-order valence-corrected chi connectivity index (χ4v) is 2.78. The SMILES string of the molecule is Cc1cc(NC(=O)c2cc(F)ccc2Br)n(-c2ccc(Cl)cc2)n1. The van der Waals surface area contributed by atoms with Gasteiger partial charge in [0.25, 0.3) is 5.91 Å². The number of aryl methyl sites for hydroxylation is 1. The predicted molar refractivity (Wildman–Crippen MR) is 95.4 cm³/mol. The van der Waals surface area contributed by atoms with E-state index in [0.717, 1.165) is 11.4 Å². The number of nitrogens with zero attached hydrogens (tertiary/aromatic N) is 2. The zero-order chi connectivity index (χ0) is 17.3. The van der Waals surface area contributed by atoms with Gasteiger partial charge >= 0.3 is 0 Å². The first-order valence-electron chi connectivity index (χ1n) is 7.03. The first kappa shape index (κ1) is 16.7. The molecule has 0 aliphatic heterocycles. The van der Waals surface area contributed by atoms with E-state index in [1.165, 1.54) is 18.2 Å². The number of nitrogens with one attached hydrogen (secondary N) is 1. The highest BCUT2D eigenvalue weighted by molar-refractivity contribution is 9.10. The molecule has 1 N–H and O–H groups in total. The minimum Gasteiger partial charge on any atom is -0.306 e. The van der Waals surface area contributed by atoms with Crippen LogP contribution in [0.5, 0.6) is 0 Å². The van der Waals surface area contributed by atoms with Gasteiger partial charge in [0, 0.05) is 15.6 Å². The molecule has 1 aromatic heterocycles. The maximum Gasteiger partial charge on any atom is 0.258 e. The quantitative estimate of drug-likeness (QED) is 0.664. The highest BCUT2D eigenvalue weighted by Gasteiger charge is 2.15. The molecular formula is C17H12BrClFN3O. The Morgan fingerprint density at radius 1 is 1.21 bits per heavy atom. The van der Waals surface area contributed by atoms with E-state index in [-0.39, 0.29) is 5.56 Å². The summed E-state index contributed by atoms with van der Waals surface area (Å²) in [4.78, 5) is 12.5. The molecule has 24 heavy (non-hydrogen) atoms. The van der Waals surface area contributed by atoms with Crippen LogP contribution in [0.15, 0.2) is 53.0 Å². The van der Waals surface area contributed by atoms with Gasteiger partial charge in [-0.3, -0.25) is 4.79 Å². The Morgan fingerprint density at radius 2 is 1.92 bits per heavy atom. The molecule has 0 bridgehead atoms. The van der Waals surface area contributed by atoms with Gasteiger partial charge in [0.15, 0.2) is 0 Å². The largest absolute Gasteiger partial charge is 0.306 e. The highest BCUT2D eigenvalue weighted by Crippen LogP contribution is 2.22. The van der Waals surface area contributed by atoms with Crippen LogP contribution >= 0.6 is 27.5 Å². The lowest BCUT2D eigenvalue weighted by Gasteiger charge is -2.10. The molecule has 1 amide bonds. The Morgan fingerprint density at radius 3 is 2.62 bits per heavy atom. The Labute approximate surface area is 151 Å². The smallest absolute Gasteiger partial charge is 0.258 e. The van der Waals surface area contributed by atoms with Gasteiger partial charge in [-0.05, 0) is 65.3 Å². The van der Waals surface area contributed by atoms with Gasteiger partial charge in [0.05, 0.1) is 16.9 Å². The van der Waals surface area contributed by atoms with E-state index in [0.29, 0.717) is 15.3 Å². The van der Waals surface area contributed by atoms with Crippen LogP contribution in [-0.2, 0) is 0 Å². The fraction of sp³-hybridized carbons (Fsp3) is 0.0588. The van der Waals surface area contributed by atoms with E-state index < -0.39 is 11.7 Å². The summed E-state index contributed by atoms with van der Waals surface area (Å²) >= 11 is 9.16. The summed E-state index contributed by atoms with van der Waals surface area (Å²) in [5, 5.41) is 7.74. The van der Waals surface area contributed by atoms with E-state index in [9.17, 15) is 9.18 Å². The molecule has 7 heteroatoms. The van der Waals surface area contributed by atoms with Crippen LogP contribution in [0.4, 0.5) is 10.2 Å². The molecule has 0 aliphatic carbocycles. The predicted octanol–water partition coefficient (Wildman–Crippen LogP) is 4.99. The second kappa shape index (κ2) is 6.75. The molecule has 0 unspecified atom stereocenters. The first-order valence-corrected chi connectivity index (χ1v) is 8.20. The molecule has 0 atom stereocenters. The van der Waals surface area contributed by atoms with Crippen molar-refractivity contribution in [2.45, 2.75) is 6.92 Å². The third-order valence-electron chi connectivity index (χ3n) is 3.32. The second-order valence-corrected chi connectivity index (χ2v) is 6.43. The summed E-state index contributed by atoms with van der Waals surface area (Å²) in [6.45, 7) is 1.82. The normalized spacial score (nSPS) is 10.7. The zero-order valence-corrected chi connectivity index (χ0v) is 14.9. The standard InChI is InChI=1S/C17H12BrClFN3O/c1-10-8-16(23(22-10)13-5-2-11(19)3-6-13)21-17(24)14-9-12(20)4-7-15(14)18/h2-9H,1H3,(H,21,24). The molecule has 0 saturated heterocycles. The van der Waals surface area contributed by atoms with Crippen molar-refractivity contribution in [3.05, 3.63) is 75.1 Å². The van der Waals surface area contributed by atoms with Crippen LogP contribution in [-0.4, -0.2) is 15.7 Å². The molecule has 3 rings (SSSR count). The lowest BCUT2D eigenvalue weighted by atomic mass is 10.2. The van der Waals surface area contributed by atoms with Crippen molar-refractivity contribution in [1.29, 1.82) is 0 Å². The van der Waals surface area contributed by atoms with Crippen LogP contribution in [0.25, 0.3) is 5.69 Å². The molecule has 0 aliphatic rings. The van der Waals surface area contributed by atoms with Crippen LogP contribution < -0.4 is 5.32 Å². The minimum atomic E-state index is -0.481. The number of hydrogen-bond acceptors (Lipinski definition) is 2. The van der Waals surface area contributed by atoms with E-state index in [1.54, 1.807) is 35.0 Å². The third-order valence-corrected chi connectivity index (χ3v) is 4.26. The van der Waals surface area contributed by atoms with Crippen LogP contribution in [0, 0.1) is 12.7 Å². The summed E-state index contributed by atoms with van der Waals surface area (Å²) in [6, 6.07) is 12.8. The van der Waals surface area contributed by atoms with Gasteiger partial charge in [0.1, 0.15) is 11.6 Å². The Hall–Kier alpha value is -2.18. The van der Waals surface area contributed by atoms with Crippen molar-refractivity contribution < 1.29 is 9.18 Å². The van der Waals surface area contributed by atoms with Gasteiger partial charge in [-0.25, -0.2) is 9.07 Å². The maximum absolute atomic E-state index is 13.4. The number of halogens is 3. The third kappa shape index (κ3) is 3.49. The van der Waals surface area contributed by atoms with Crippen molar-refractivity contribution in [2.24, 2.45) is 0 Å². The summed E-state index contributed by atoms with van der Waals surface area (Å²) in [7, 11) is 0. The maximum atomic E-state index is 13.4. The summed E-state index contributed by atoms with van der Waals surface area (Å²) in [5.41, 5.74) is 1.69. The van der Waals surface area contributed by atoms with Gasteiger partial charge in [0.2, 0.25) is 0 Å². The van der Waals surface area contributed by atoms with Gasteiger partial charge in [-0.2, -0.15) is 5.10 Å². The molecule has 0 fully saturated rings. The van der Waals surface area contributed by atoms with Crippen LogP contribution in [0.2, 0.25) is 5.02 Å². The molecular weight excluding hydrogens is 397 g/mol. The topological polar surface area (TPSA) is 46.9 Å². The fourth-order valence-electron chi connectivity index (χ4n) is 2.22. The minimum absolute atomic E-state index is 0.205. The lowest BCUT2D eigenvalue weighted by Crippen LogP contribution is -2.16. The van der Waals surface area contributed by atoms with Crippen molar-refractivity contribution in [2.75, 3.05) is 5.32 Å². The number of carbonyl (C=O) groups is 1. The average molecular weight is 409 g/mol. The van der Waals surface area contributed by atoms with E-state index in [1.807, 2.05) is 6.92 Å². The van der Waals surface area contributed by atoms with E-state index in [2.05, 4.69) is 26.3 Å². The monoisotopic (exact) mass is 407 g/mol. The molecule has 0 spiro atoms. The Bertz CT molecular complexity index is 909. The summed E-state index contributed by atoms with van der Waals surface area (Å²) in [5.74, 6) is -0.432. The first-order chi connectivity index (χ1) is 11.4. The summed E-state index contributed by atoms with van der Waals surface area (Å²) in [6.07, 6.45) is 0. The second-order valence-electron chi connectivity index (χ2n) is 5.14. The van der Waals surface area contributed by atoms with Crippen molar-refractivity contribution in [3.63, 3.8) is 0 Å². The number of amides is 1. The van der Waals surface area contributed by atoms with Gasteiger partial charge in [-0.15, -0.1) is 0 Å². The summed E-state index contributed by atoms with van der Waals surface area (Å²) < 4.78 is 15.5. The molecule has 4 nitrogen and oxygen atoms in total. The van der Waals surface area contributed by atoms with E-state index >= 15 is 0 Å². The molecule has 3 aromatic rings. The van der Waals surface area contributed by atoms with Gasteiger partial charge in [-0.1, -0.05) is 11.6 Å². The number of hydrogen-bond donors (Lipinski definition) is 1. The Balaban J connectivity index is 1.94. The van der Waals surface area contributed by atoms with Crippen molar-refractivity contribution >= 4 is 39.3 Å².